The highest BCUT2D eigenvalue weighted by atomic mass is 16.5. The van der Waals surface area contributed by atoms with Gasteiger partial charge in [0.15, 0.2) is 5.75 Å². The average molecular weight is 222 g/mol. The molecule has 0 spiro atoms. The zero-order chi connectivity index (χ0) is 11.2. The third-order valence-corrected chi connectivity index (χ3v) is 2.80. The van der Waals surface area contributed by atoms with Gasteiger partial charge in [0.25, 0.3) is 0 Å². The highest BCUT2D eigenvalue weighted by Crippen LogP contribution is 2.10. The van der Waals surface area contributed by atoms with Crippen LogP contribution >= 0.6 is 0 Å². The zero-order valence-corrected chi connectivity index (χ0v) is 9.57. The summed E-state index contributed by atoms with van der Waals surface area (Å²) in [6, 6.07) is 0.658. The Morgan fingerprint density at radius 2 is 2.31 bits per heavy atom. The second-order valence-corrected chi connectivity index (χ2v) is 3.96. The maximum absolute atomic E-state index is 4.99. The van der Waals surface area contributed by atoms with Crippen LogP contribution in [0.1, 0.15) is 19.3 Å². The summed E-state index contributed by atoms with van der Waals surface area (Å²) in [6.07, 6.45) is 7.04. The molecule has 0 radical (unpaired) electrons. The van der Waals surface area contributed by atoms with Gasteiger partial charge in [-0.3, -0.25) is 0 Å². The van der Waals surface area contributed by atoms with Crippen LogP contribution in [0, 0.1) is 0 Å². The van der Waals surface area contributed by atoms with Crippen molar-refractivity contribution in [2.75, 3.05) is 25.5 Å². The minimum Gasteiger partial charge on any atom is -0.494 e. The van der Waals surface area contributed by atoms with E-state index in [1.807, 2.05) is 0 Å². The molecule has 2 rings (SSSR count). The van der Waals surface area contributed by atoms with Gasteiger partial charge in [0.2, 0.25) is 5.95 Å². The molecule has 0 aliphatic carbocycles. The molecule has 0 bridgehead atoms. The lowest BCUT2D eigenvalue weighted by atomic mass is 10.1. The Balaban J connectivity index is 1.71. The standard InChI is InChI=1S/C11H18N4O/c1-16-10-7-14-11(15-8-10)13-6-4-9-3-2-5-12-9/h7-9,12H,2-6H2,1H3,(H,13,14,15)/t9-/m1/s1. The van der Waals surface area contributed by atoms with Gasteiger partial charge >= 0.3 is 0 Å². The first kappa shape index (κ1) is 11.1. The molecule has 88 valence electrons. The van der Waals surface area contributed by atoms with Crippen molar-refractivity contribution >= 4 is 5.95 Å². The minimum atomic E-state index is 0.658. The maximum atomic E-state index is 4.99. The summed E-state index contributed by atoms with van der Waals surface area (Å²) in [6.45, 7) is 2.06. The Kier molecular flexibility index (Phi) is 3.93. The molecule has 1 aliphatic heterocycles. The van der Waals surface area contributed by atoms with Crippen LogP contribution in [-0.4, -0.2) is 36.2 Å². The molecule has 0 amide bonds. The van der Waals surface area contributed by atoms with E-state index in [1.165, 1.54) is 12.8 Å². The van der Waals surface area contributed by atoms with Crippen LogP contribution in [0.15, 0.2) is 12.4 Å². The number of anilines is 1. The lowest BCUT2D eigenvalue weighted by Gasteiger charge is -2.10. The summed E-state index contributed by atoms with van der Waals surface area (Å²) in [4.78, 5) is 8.29. The van der Waals surface area contributed by atoms with E-state index in [0.717, 1.165) is 19.5 Å². The van der Waals surface area contributed by atoms with Crippen molar-refractivity contribution < 1.29 is 4.74 Å². The smallest absolute Gasteiger partial charge is 0.222 e. The zero-order valence-electron chi connectivity index (χ0n) is 9.57. The van der Waals surface area contributed by atoms with Gasteiger partial charge in [-0.05, 0) is 25.8 Å². The predicted molar refractivity (Wildman–Crippen MR) is 62.7 cm³/mol. The number of aromatic nitrogens is 2. The molecule has 2 N–H and O–H groups in total. The molecule has 0 aromatic carbocycles. The van der Waals surface area contributed by atoms with Gasteiger partial charge in [0.05, 0.1) is 19.5 Å². The van der Waals surface area contributed by atoms with E-state index in [0.29, 0.717) is 17.7 Å². The van der Waals surface area contributed by atoms with Crippen LogP contribution in [0.5, 0.6) is 5.75 Å². The summed E-state index contributed by atoms with van der Waals surface area (Å²) in [5.74, 6) is 1.35. The summed E-state index contributed by atoms with van der Waals surface area (Å²) in [5, 5.41) is 6.67. The van der Waals surface area contributed by atoms with Crippen LogP contribution in [-0.2, 0) is 0 Å². The number of rotatable bonds is 5. The van der Waals surface area contributed by atoms with E-state index < -0.39 is 0 Å². The number of hydrogen-bond donors (Lipinski definition) is 2. The largest absolute Gasteiger partial charge is 0.494 e. The summed E-state index contributed by atoms with van der Waals surface area (Å²) in [5.41, 5.74) is 0. The molecule has 1 fully saturated rings. The average Bonchev–Trinajstić information content (AvgIpc) is 2.83. The number of methoxy groups -OCH3 is 1. The second kappa shape index (κ2) is 5.65. The van der Waals surface area contributed by atoms with Gasteiger partial charge in [-0.1, -0.05) is 0 Å². The summed E-state index contributed by atoms with van der Waals surface area (Å²) >= 11 is 0. The fourth-order valence-electron chi connectivity index (χ4n) is 1.87. The molecule has 0 saturated carbocycles. The van der Waals surface area contributed by atoms with Crippen LogP contribution in [0.2, 0.25) is 0 Å². The van der Waals surface area contributed by atoms with Crippen molar-refractivity contribution in [1.82, 2.24) is 15.3 Å². The number of hydrogen-bond acceptors (Lipinski definition) is 5. The number of ether oxygens (including phenoxy) is 1. The van der Waals surface area contributed by atoms with Crippen LogP contribution < -0.4 is 15.4 Å². The van der Waals surface area contributed by atoms with Gasteiger partial charge in [0, 0.05) is 12.6 Å². The van der Waals surface area contributed by atoms with E-state index in [9.17, 15) is 0 Å². The van der Waals surface area contributed by atoms with Crippen molar-refractivity contribution in [3.63, 3.8) is 0 Å². The molecule has 0 unspecified atom stereocenters. The van der Waals surface area contributed by atoms with Crippen molar-refractivity contribution in [3.8, 4) is 5.75 Å². The van der Waals surface area contributed by atoms with Gasteiger partial charge in [-0.15, -0.1) is 0 Å². The topological polar surface area (TPSA) is 59.1 Å². The first-order valence-corrected chi connectivity index (χ1v) is 5.72. The first-order valence-electron chi connectivity index (χ1n) is 5.72. The van der Waals surface area contributed by atoms with E-state index in [4.69, 9.17) is 4.74 Å². The fraction of sp³-hybridized carbons (Fsp3) is 0.636. The Morgan fingerprint density at radius 1 is 1.50 bits per heavy atom. The third-order valence-electron chi connectivity index (χ3n) is 2.80. The lowest BCUT2D eigenvalue weighted by Crippen LogP contribution is -2.24. The molecule has 5 heteroatoms. The van der Waals surface area contributed by atoms with Gasteiger partial charge in [-0.2, -0.15) is 0 Å². The number of nitrogens with one attached hydrogen (secondary N) is 2. The van der Waals surface area contributed by atoms with Gasteiger partial charge in [0.1, 0.15) is 0 Å². The molecule has 1 aromatic heterocycles. The molecular formula is C11H18N4O. The summed E-state index contributed by atoms with van der Waals surface area (Å²) in [7, 11) is 1.61. The molecule has 5 nitrogen and oxygen atoms in total. The second-order valence-electron chi connectivity index (χ2n) is 3.96. The predicted octanol–water partition coefficient (Wildman–Crippen LogP) is 1.04. The Hall–Kier alpha value is -1.36. The van der Waals surface area contributed by atoms with Crippen LogP contribution in [0.25, 0.3) is 0 Å². The third kappa shape index (κ3) is 3.06. The Bertz CT molecular complexity index is 308. The van der Waals surface area contributed by atoms with Crippen molar-refractivity contribution in [3.05, 3.63) is 12.4 Å². The Morgan fingerprint density at radius 3 is 2.94 bits per heavy atom. The first-order chi connectivity index (χ1) is 7.88. The van der Waals surface area contributed by atoms with Crippen molar-refractivity contribution in [2.45, 2.75) is 25.3 Å². The molecule has 1 aromatic rings. The lowest BCUT2D eigenvalue weighted by molar-refractivity contribution is 0.411. The fourth-order valence-corrected chi connectivity index (χ4v) is 1.87. The molecule has 1 aliphatic rings. The van der Waals surface area contributed by atoms with Crippen molar-refractivity contribution in [2.24, 2.45) is 0 Å². The highest BCUT2D eigenvalue weighted by Gasteiger charge is 2.12. The molecule has 1 saturated heterocycles. The van der Waals surface area contributed by atoms with E-state index in [-0.39, 0.29) is 0 Å². The molecule has 1 atom stereocenters. The molecule has 2 heterocycles. The minimum absolute atomic E-state index is 0.658. The monoisotopic (exact) mass is 222 g/mol. The van der Waals surface area contributed by atoms with E-state index in [1.54, 1.807) is 19.5 Å². The van der Waals surface area contributed by atoms with Crippen molar-refractivity contribution in [1.29, 1.82) is 0 Å². The normalized spacial score (nSPS) is 19.7. The highest BCUT2D eigenvalue weighted by molar-refractivity contribution is 5.26. The Labute approximate surface area is 95.6 Å². The van der Waals surface area contributed by atoms with Crippen LogP contribution in [0.4, 0.5) is 5.95 Å². The number of nitrogens with zero attached hydrogens (tertiary/aromatic N) is 2. The maximum Gasteiger partial charge on any atom is 0.222 e. The van der Waals surface area contributed by atoms with E-state index in [2.05, 4.69) is 20.6 Å². The summed E-state index contributed by atoms with van der Waals surface area (Å²) < 4.78 is 4.99. The molecular weight excluding hydrogens is 204 g/mol. The van der Waals surface area contributed by atoms with Gasteiger partial charge in [-0.25, -0.2) is 9.97 Å². The SMILES string of the molecule is COc1cnc(NCC[C@H]2CCCN2)nc1. The van der Waals surface area contributed by atoms with E-state index >= 15 is 0 Å². The molecule has 16 heavy (non-hydrogen) atoms. The van der Waals surface area contributed by atoms with Crippen LogP contribution in [0.3, 0.4) is 0 Å². The quantitative estimate of drug-likeness (QED) is 0.779. The van der Waals surface area contributed by atoms with Gasteiger partial charge < -0.3 is 15.4 Å².